The van der Waals surface area contributed by atoms with E-state index in [4.69, 9.17) is 5.73 Å². The average Bonchev–Trinajstić information content (AvgIpc) is 2.77. The van der Waals surface area contributed by atoms with Crippen LogP contribution in [-0.4, -0.2) is 18.6 Å². The number of hydrogen-bond acceptors (Lipinski definition) is 4. The third-order valence-corrected chi connectivity index (χ3v) is 3.65. The second-order valence-electron chi connectivity index (χ2n) is 3.61. The zero-order valence-electron chi connectivity index (χ0n) is 9.14. The molecule has 0 amide bonds. The van der Waals surface area contributed by atoms with Gasteiger partial charge in [-0.15, -0.1) is 0 Å². The van der Waals surface area contributed by atoms with Gasteiger partial charge in [-0.3, -0.25) is 9.82 Å². The van der Waals surface area contributed by atoms with Crippen molar-refractivity contribution < 1.29 is 8.42 Å². The minimum Gasteiger partial charge on any atom is -0.399 e. The zero-order chi connectivity index (χ0) is 12.5. The fourth-order valence-electron chi connectivity index (χ4n) is 1.34. The highest BCUT2D eigenvalue weighted by Crippen LogP contribution is 2.19. The summed E-state index contributed by atoms with van der Waals surface area (Å²) in [5, 5.41) is 6.05. The maximum absolute atomic E-state index is 11.9. The molecule has 0 bridgehead atoms. The Morgan fingerprint density at radius 2 is 2.18 bits per heavy atom. The summed E-state index contributed by atoms with van der Waals surface area (Å²) in [4.78, 5) is 0.0898. The Morgan fingerprint density at radius 3 is 2.76 bits per heavy atom. The number of nitrogens with two attached hydrogens (primary N) is 1. The van der Waals surface area contributed by atoms with Gasteiger partial charge in [-0.25, -0.2) is 8.42 Å². The molecule has 0 radical (unpaired) electrons. The van der Waals surface area contributed by atoms with Crippen molar-refractivity contribution in [1.29, 1.82) is 0 Å². The maximum atomic E-state index is 11.9. The minimum absolute atomic E-state index is 0.0898. The molecule has 90 valence electrons. The molecule has 0 atom stereocenters. The van der Waals surface area contributed by atoms with Crippen LogP contribution in [-0.2, 0) is 10.0 Å². The van der Waals surface area contributed by atoms with Crippen molar-refractivity contribution in [1.82, 2.24) is 10.2 Å². The molecule has 0 aliphatic heterocycles. The molecule has 1 heterocycles. The van der Waals surface area contributed by atoms with E-state index in [-0.39, 0.29) is 4.90 Å². The second kappa shape index (κ2) is 4.10. The van der Waals surface area contributed by atoms with Gasteiger partial charge in [0.2, 0.25) is 0 Å². The lowest BCUT2D eigenvalue weighted by atomic mass is 10.2. The van der Waals surface area contributed by atoms with E-state index in [1.54, 1.807) is 18.2 Å². The molecule has 0 saturated carbocycles. The summed E-state index contributed by atoms with van der Waals surface area (Å²) >= 11 is 0. The Bertz CT molecular complexity index is 620. The first-order chi connectivity index (χ1) is 7.99. The molecule has 0 fully saturated rings. The van der Waals surface area contributed by atoms with Crippen LogP contribution in [0.3, 0.4) is 0 Å². The van der Waals surface area contributed by atoms with Crippen LogP contribution in [0.15, 0.2) is 35.5 Å². The highest BCUT2D eigenvalue weighted by Gasteiger charge is 2.15. The van der Waals surface area contributed by atoms with Gasteiger partial charge in [0, 0.05) is 17.6 Å². The fraction of sp³-hybridized carbons (Fsp3) is 0.100. The van der Waals surface area contributed by atoms with E-state index in [9.17, 15) is 8.42 Å². The number of aromatic amines is 1. The normalized spacial score (nSPS) is 11.4. The number of aromatic nitrogens is 2. The molecule has 17 heavy (non-hydrogen) atoms. The number of nitrogens with zero attached hydrogens (tertiary/aromatic N) is 1. The van der Waals surface area contributed by atoms with E-state index < -0.39 is 10.0 Å². The maximum Gasteiger partial charge on any atom is 0.265 e. The Hall–Kier alpha value is -2.02. The lowest BCUT2D eigenvalue weighted by molar-refractivity contribution is 0.601. The summed E-state index contributed by atoms with van der Waals surface area (Å²) in [6, 6.07) is 4.94. The van der Waals surface area contributed by atoms with E-state index in [2.05, 4.69) is 14.9 Å². The third-order valence-electron chi connectivity index (χ3n) is 2.31. The van der Waals surface area contributed by atoms with Gasteiger partial charge in [-0.1, -0.05) is 0 Å². The number of sulfonamides is 1. The summed E-state index contributed by atoms with van der Waals surface area (Å²) in [6.07, 6.45) is 2.55. The van der Waals surface area contributed by atoms with Gasteiger partial charge in [0.15, 0.2) is 0 Å². The lowest BCUT2D eigenvalue weighted by Crippen LogP contribution is -2.12. The predicted molar refractivity (Wildman–Crippen MR) is 65.0 cm³/mol. The monoisotopic (exact) mass is 252 g/mol. The van der Waals surface area contributed by atoms with Crippen LogP contribution < -0.4 is 10.5 Å². The molecule has 0 saturated heterocycles. The molecule has 0 aliphatic carbocycles. The molecule has 7 heteroatoms. The van der Waals surface area contributed by atoms with Crippen molar-refractivity contribution in [2.45, 2.75) is 11.8 Å². The molecular weight excluding hydrogens is 240 g/mol. The minimum atomic E-state index is -3.58. The Kier molecular flexibility index (Phi) is 2.76. The highest BCUT2D eigenvalue weighted by molar-refractivity contribution is 7.92. The molecule has 6 nitrogen and oxygen atoms in total. The van der Waals surface area contributed by atoms with E-state index in [1.165, 1.54) is 12.4 Å². The summed E-state index contributed by atoms with van der Waals surface area (Å²) in [5.74, 6) is 0. The Morgan fingerprint density at radius 1 is 1.41 bits per heavy atom. The standard InChI is InChI=1S/C10H12N4O2S/c1-7-4-8(2-3-10(7)11)14-17(15,16)9-5-12-13-6-9/h2-6,14H,11H2,1H3,(H,12,13). The number of hydrogen-bond donors (Lipinski definition) is 3. The molecule has 0 unspecified atom stereocenters. The van der Waals surface area contributed by atoms with E-state index in [0.29, 0.717) is 11.4 Å². The predicted octanol–water partition coefficient (Wildman–Crippen LogP) is 1.10. The van der Waals surface area contributed by atoms with E-state index in [0.717, 1.165) is 5.56 Å². The first-order valence-corrected chi connectivity index (χ1v) is 6.35. The van der Waals surface area contributed by atoms with Crippen LogP contribution in [0.2, 0.25) is 0 Å². The molecule has 1 aromatic carbocycles. The number of benzene rings is 1. The van der Waals surface area contributed by atoms with Crippen molar-refractivity contribution in [2.24, 2.45) is 0 Å². The second-order valence-corrected chi connectivity index (χ2v) is 5.29. The lowest BCUT2D eigenvalue weighted by Gasteiger charge is -2.08. The van der Waals surface area contributed by atoms with Crippen LogP contribution in [0.5, 0.6) is 0 Å². The van der Waals surface area contributed by atoms with Crippen molar-refractivity contribution in [2.75, 3.05) is 10.5 Å². The van der Waals surface area contributed by atoms with Crippen LogP contribution in [0.4, 0.5) is 11.4 Å². The van der Waals surface area contributed by atoms with Gasteiger partial charge in [0.1, 0.15) is 4.90 Å². The summed E-state index contributed by atoms with van der Waals surface area (Å²) < 4.78 is 26.2. The first kappa shape index (κ1) is 11.5. The number of aryl methyl sites for hydroxylation is 1. The van der Waals surface area contributed by atoms with Crippen molar-refractivity contribution in [3.63, 3.8) is 0 Å². The topological polar surface area (TPSA) is 101 Å². The smallest absolute Gasteiger partial charge is 0.265 e. The number of rotatable bonds is 3. The van der Waals surface area contributed by atoms with Gasteiger partial charge >= 0.3 is 0 Å². The molecule has 1 aromatic heterocycles. The van der Waals surface area contributed by atoms with Gasteiger partial charge in [0.25, 0.3) is 10.0 Å². The van der Waals surface area contributed by atoms with E-state index >= 15 is 0 Å². The number of nitrogens with one attached hydrogen (secondary N) is 2. The SMILES string of the molecule is Cc1cc(NS(=O)(=O)c2cn[nH]c2)ccc1N. The number of nitrogen functional groups attached to an aromatic ring is 1. The van der Waals surface area contributed by atoms with E-state index in [1.807, 2.05) is 6.92 Å². The van der Waals surface area contributed by atoms with Crippen molar-refractivity contribution in [3.8, 4) is 0 Å². The molecule has 2 aromatic rings. The van der Waals surface area contributed by atoms with Gasteiger partial charge in [-0.2, -0.15) is 5.10 Å². The van der Waals surface area contributed by atoms with Crippen LogP contribution in [0, 0.1) is 6.92 Å². The highest BCUT2D eigenvalue weighted by atomic mass is 32.2. The number of H-pyrrole nitrogens is 1. The first-order valence-electron chi connectivity index (χ1n) is 4.87. The van der Waals surface area contributed by atoms with Crippen LogP contribution in [0.1, 0.15) is 5.56 Å². The molecule has 0 spiro atoms. The van der Waals surface area contributed by atoms with Gasteiger partial charge in [-0.05, 0) is 30.7 Å². The molecule has 2 rings (SSSR count). The molecule has 0 aliphatic rings. The molecule has 4 N–H and O–H groups in total. The number of anilines is 2. The zero-order valence-corrected chi connectivity index (χ0v) is 9.95. The van der Waals surface area contributed by atoms with Gasteiger partial charge < -0.3 is 5.73 Å². The van der Waals surface area contributed by atoms with Crippen LogP contribution in [0.25, 0.3) is 0 Å². The molecular formula is C10H12N4O2S. The summed E-state index contributed by atoms with van der Waals surface area (Å²) in [7, 11) is -3.58. The fourth-order valence-corrected chi connectivity index (χ4v) is 2.29. The third kappa shape index (κ3) is 2.39. The quantitative estimate of drug-likeness (QED) is 0.712. The summed E-state index contributed by atoms with van der Waals surface area (Å²) in [6.45, 7) is 1.81. The van der Waals surface area contributed by atoms with Gasteiger partial charge in [0.05, 0.1) is 6.20 Å². The summed E-state index contributed by atoms with van der Waals surface area (Å²) in [5.41, 5.74) is 7.56. The Balaban J connectivity index is 2.30. The average molecular weight is 252 g/mol. The van der Waals surface area contributed by atoms with Crippen LogP contribution >= 0.6 is 0 Å². The Labute approximate surface area is 98.9 Å². The van der Waals surface area contributed by atoms with Crippen molar-refractivity contribution in [3.05, 3.63) is 36.2 Å². The van der Waals surface area contributed by atoms with Crippen molar-refractivity contribution >= 4 is 21.4 Å². The largest absolute Gasteiger partial charge is 0.399 e.